The molecule has 0 aromatic rings. The second-order valence-electron chi connectivity index (χ2n) is 2.34. The van der Waals surface area contributed by atoms with Crippen molar-refractivity contribution in [1.82, 2.24) is 4.90 Å². The van der Waals surface area contributed by atoms with Crippen molar-refractivity contribution in [2.24, 2.45) is 0 Å². The second kappa shape index (κ2) is 4.83. The molecule has 0 bridgehead atoms. The van der Waals surface area contributed by atoms with Gasteiger partial charge in [0.1, 0.15) is 0 Å². The number of morpholine rings is 1. The molecule has 0 saturated carbocycles. The average Bonchev–Trinajstić information content (AvgIpc) is 2.15. The van der Waals surface area contributed by atoms with Crippen LogP contribution in [-0.2, 0) is 19.8 Å². The molecule has 0 N–H and O–H groups in total. The van der Waals surface area contributed by atoms with E-state index in [4.69, 9.17) is 4.74 Å². The van der Waals surface area contributed by atoms with Crippen molar-refractivity contribution in [3.8, 4) is 0 Å². The normalized spacial score (nSPS) is 16.5. The maximum absolute atomic E-state index is 11.0. The molecule has 0 aliphatic carbocycles. The lowest BCUT2D eigenvalue weighted by molar-refractivity contribution is 0.0414. The molecular weight excluding hydrogens is 198 g/mol. The summed E-state index contributed by atoms with van der Waals surface area (Å²) in [5, 5.41) is 0. The molecule has 0 atom stereocenters. The largest absolute Gasteiger partial charge is 0.415 e. The summed E-state index contributed by atoms with van der Waals surface area (Å²) in [6.07, 6.45) is -0.660. The molecule has 1 aliphatic heterocycles. The number of hydrogen-bond acceptors (Lipinski definition) is 5. The number of nitrogens with zero attached hydrogens (tertiary/aromatic N) is 1. The molecule has 0 aromatic carbocycles. The van der Waals surface area contributed by atoms with Crippen molar-refractivity contribution >= 4 is 21.9 Å². The fourth-order valence-corrected chi connectivity index (χ4v) is 1.06. The van der Waals surface area contributed by atoms with E-state index in [1.54, 1.807) is 0 Å². The zero-order valence-electron chi connectivity index (χ0n) is 6.80. The van der Waals surface area contributed by atoms with E-state index in [9.17, 15) is 13.2 Å². The number of carbonyl (C=O) groups excluding carboxylic acids is 1. The third-order valence-corrected chi connectivity index (χ3v) is 1.75. The number of hydrogen-bond donors (Lipinski definition) is 0. The Morgan fingerprint density at radius 1 is 1.38 bits per heavy atom. The summed E-state index contributed by atoms with van der Waals surface area (Å²) >= 11 is 0. The monoisotopic (exact) mass is 207 g/mol. The highest BCUT2D eigenvalue weighted by Crippen LogP contribution is 1.98. The van der Waals surface area contributed by atoms with Gasteiger partial charge in [0.05, 0.1) is 13.2 Å². The predicted octanol–water partition coefficient (Wildman–Crippen LogP) is -0.906. The molecule has 74 valence electrons. The molecule has 6 nitrogen and oxygen atoms in total. The topological polar surface area (TPSA) is 72.9 Å². The van der Waals surface area contributed by atoms with E-state index in [2.05, 4.69) is 4.74 Å². The average molecular weight is 207 g/mol. The van der Waals surface area contributed by atoms with Gasteiger partial charge in [0.2, 0.25) is 15.8 Å². The lowest BCUT2D eigenvalue weighted by Crippen LogP contribution is -2.40. The molecule has 0 spiro atoms. The van der Waals surface area contributed by atoms with Crippen LogP contribution in [0.1, 0.15) is 0 Å². The summed E-state index contributed by atoms with van der Waals surface area (Å²) < 4.78 is 29.4. The van der Waals surface area contributed by atoms with Crippen LogP contribution in [0.3, 0.4) is 0 Å². The van der Waals surface area contributed by atoms with E-state index in [1.807, 2.05) is 0 Å². The molecule has 0 aromatic heterocycles. The van der Waals surface area contributed by atoms with Crippen LogP contribution in [-0.4, -0.2) is 51.3 Å². The van der Waals surface area contributed by atoms with Crippen LogP contribution in [0.5, 0.6) is 0 Å². The van der Waals surface area contributed by atoms with Gasteiger partial charge in [-0.3, -0.25) is 0 Å². The lowest BCUT2D eigenvalue weighted by Gasteiger charge is -2.24. The molecule has 1 amide bonds. The lowest BCUT2D eigenvalue weighted by atomic mass is 10.5. The first-order valence-electron chi connectivity index (χ1n) is 3.65. The maximum atomic E-state index is 11.0. The summed E-state index contributed by atoms with van der Waals surface area (Å²) in [7, 11) is -2.47. The summed E-state index contributed by atoms with van der Waals surface area (Å²) in [6.45, 7) is 1.77. The third-order valence-electron chi connectivity index (χ3n) is 1.50. The third kappa shape index (κ3) is 3.43. The van der Waals surface area contributed by atoms with Gasteiger partial charge in [-0.15, -0.1) is 0 Å². The van der Waals surface area contributed by atoms with Gasteiger partial charge in [-0.2, -0.15) is 8.42 Å². The Morgan fingerprint density at radius 3 is 2.54 bits per heavy atom. The zero-order chi connectivity index (χ0) is 9.68. The number of rotatable bonds is 1. The van der Waals surface area contributed by atoms with Crippen molar-refractivity contribution in [3.05, 3.63) is 0 Å². The van der Waals surface area contributed by atoms with Crippen molar-refractivity contribution in [1.29, 1.82) is 0 Å². The highest BCUT2D eigenvalue weighted by atomic mass is 32.2. The molecule has 1 fully saturated rings. The molecule has 1 heterocycles. The molecule has 1 rings (SSSR count). The van der Waals surface area contributed by atoms with Gasteiger partial charge in [-0.25, -0.2) is 4.79 Å². The van der Waals surface area contributed by atoms with Crippen molar-refractivity contribution in [3.63, 3.8) is 0 Å². The van der Waals surface area contributed by atoms with Crippen LogP contribution >= 0.6 is 0 Å². The number of ether oxygens (including phenoxy) is 2. The first-order valence-corrected chi connectivity index (χ1v) is 4.78. The summed E-state index contributed by atoms with van der Waals surface area (Å²) in [6, 6.07) is 0. The van der Waals surface area contributed by atoms with E-state index < -0.39 is 16.4 Å². The van der Waals surface area contributed by atoms with Gasteiger partial charge in [0.25, 0.3) is 0 Å². The summed E-state index contributed by atoms with van der Waals surface area (Å²) in [5.41, 5.74) is 0.470. The van der Waals surface area contributed by atoms with E-state index in [0.29, 0.717) is 31.9 Å². The standard InChI is InChI=1S/C6H9NO5S/c8-6(12-5-13(9)10)7-1-3-11-4-2-7/h5H,1-4H2. The van der Waals surface area contributed by atoms with Crippen LogP contribution in [0.2, 0.25) is 0 Å². The Kier molecular flexibility index (Phi) is 3.71. The fraction of sp³-hybridized carbons (Fsp3) is 0.667. The van der Waals surface area contributed by atoms with E-state index >= 15 is 0 Å². The van der Waals surface area contributed by atoms with Crippen LogP contribution < -0.4 is 0 Å². The highest BCUT2D eigenvalue weighted by Gasteiger charge is 2.17. The number of amides is 1. The van der Waals surface area contributed by atoms with Gasteiger partial charge in [0, 0.05) is 13.1 Å². The number of carbonyl (C=O) groups is 1. The highest BCUT2D eigenvalue weighted by molar-refractivity contribution is 7.71. The predicted molar refractivity (Wildman–Crippen MR) is 43.9 cm³/mol. The molecule has 1 saturated heterocycles. The Balaban J connectivity index is 2.42. The van der Waals surface area contributed by atoms with Gasteiger partial charge < -0.3 is 14.4 Å². The fourth-order valence-electron chi connectivity index (χ4n) is 0.901. The van der Waals surface area contributed by atoms with Gasteiger partial charge in [0.15, 0.2) is 0 Å². The molecule has 0 radical (unpaired) electrons. The van der Waals surface area contributed by atoms with Crippen molar-refractivity contribution in [2.75, 3.05) is 26.3 Å². The second-order valence-corrected chi connectivity index (χ2v) is 3.05. The first-order chi connectivity index (χ1) is 6.20. The van der Waals surface area contributed by atoms with Crippen molar-refractivity contribution < 1.29 is 22.7 Å². The van der Waals surface area contributed by atoms with Gasteiger partial charge in [-0.05, 0) is 0 Å². The summed E-state index contributed by atoms with van der Waals surface area (Å²) in [5.74, 6) is 0. The quantitative estimate of drug-likeness (QED) is 0.521. The smallest absolute Gasteiger partial charge is 0.401 e. The minimum Gasteiger partial charge on any atom is -0.401 e. The summed E-state index contributed by atoms with van der Waals surface area (Å²) in [4.78, 5) is 12.4. The molecule has 13 heavy (non-hydrogen) atoms. The van der Waals surface area contributed by atoms with Gasteiger partial charge >= 0.3 is 6.09 Å². The Morgan fingerprint density at radius 2 is 2.00 bits per heavy atom. The molecule has 0 unspecified atom stereocenters. The van der Waals surface area contributed by atoms with Crippen LogP contribution in [0.15, 0.2) is 0 Å². The van der Waals surface area contributed by atoms with Crippen LogP contribution in [0.4, 0.5) is 4.79 Å². The SMILES string of the molecule is O=C(OC=S(=O)=O)N1CCOCC1. The van der Waals surface area contributed by atoms with Gasteiger partial charge in [-0.1, -0.05) is 0 Å². The minimum atomic E-state index is -2.47. The van der Waals surface area contributed by atoms with E-state index in [1.165, 1.54) is 4.90 Å². The molecule has 1 aliphatic rings. The minimum absolute atomic E-state index is 0.429. The van der Waals surface area contributed by atoms with Crippen molar-refractivity contribution in [2.45, 2.75) is 0 Å². The van der Waals surface area contributed by atoms with Crippen LogP contribution in [0.25, 0.3) is 0 Å². The zero-order valence-corrected chi connectivity index (χ0v) is 7.62. The Hall–Kier alpha value is -1.08. The van der Waals surface area contributed by atoms with Crippen LogP contribution in [0, 0.1) is 0 Å². The molecular formula is C6H9NO5S. The molecule has 7 heteroatoms. The Bertz CT molecular complexity index is 295. The first kappa shape index (κ1) is 10.0. The van der Waals surface area contributed by atoms with E-state index in [0.717, 1.165) is 0 Å². The Labute approximate surface area is 76.6 Å². The van der Waals surface area contributed by atoms with E-state index in [-0.39, 0.29) is 0 Å². The maximum Gasteiger partial charge on any atom is 0.415 e.